The molecular formula is C19H32FN5. The number of nitrogens with zero attached hydrogens (tertiary/aromatic N) is 3. The molecule has 6 heteroatoms. The second kappa shape index (κ2) is 10.4. The van der Waals surface area contributed by atoms with Gasteiger partial charge < -0.3 is 15.5 Å². The van der Waals surface area contributed by atoms with Crippen LogP contribution < -0.4 is 10.6 Å². The maximum atomic E-state index is 12.9. The van der Waals surface area contributed by atoms with Crippen molar-refractivity contribution in [3.8, 4) is 0 Å². The van der Waals surface area contributed by atoms with Gasteiger partial charge in [0.15, 0.2) is 5.96 Å². The average molecular weight is 349 g/mol. The minimum atomic E-state index is -0.190. The third-order valence-electron chi connectivity index (χ3n) is 4.64. The van der Waals surface area contributed by atoms with Crippen LogP contribution in [-0.2, 0) is 6.42 Å². The van der Waals surface area contributed by atoms with Gasteiger partial charge in [-0.3, -0.25) is 9.89 Å². The molecule has 1 aliphatic heterocycles. The molecule has 0 saturated carbocycles. The van der Waals surface area contributed by atoms with Crippen molar-refractivity contribution in [2.24, 2.45) is 4.99 Å². The van der Waals surface area contributed by atoms with E-state index in [4.69, 9.17) is 4.99 Å². The molecule has 1 aliphatic rings. The molecule has 1 heterocycles. The van der Waals surface area contributed by atoms with Crippen LogP contribution in [0.1, 0.15) is 19.4 Å². The van der Waals surface area contributed by atoms with E-state index < -0.39 is 0 Å². The summed E-state index contributed by atoms with van der Waals surface area (Å²) in [6.07, 6.45) is 0.846. The third kappa shape index (κ3) is 7.00. The highest BCUT2D eigenvalue weighted by atomic mass is 19.1. The minimum absolute atomic E-state index is 0.190. The van der Waals surface area contributed by atoms with Gasteiger partial charge in [0, 0.05) is 45.3 Å². The lowest BCUT2D eigenvalue weighted by atomic mass is 10.1. The number of nitrogens with one attached hydrogen (secondary N) is 2. The third-order valence-corrected chi connectivity index (χ3v) is 4.64. The lowest BCUT2D eigenvalue weighted by Crippen LogP contribution is -2.49. The Morgan fingerprint density at radius 2 is 1.84 bits per heavy atom. The molecule has 0 aromatic heterocycles. The number of aliphatic imine (C=N–C) groups is 1. The fourth-order valence-electron chi connectivity index (χ4n) is 2.92. The summed E-state index contributed by atoms with van der Waals surface area (Å²) in [5.74, 6) is 0.662. The van der Waals surface area contributed by atoms with Gasteiger partial charge >= 0.3 is 0 Å². The van der Waals surface area contributed by atoms with E-state index in [9.17, 15) is 4.39 Å². The maximum Gasteiger partial charge on any atom is 0.191 e. The lowest BCUT2D eigenvalue weighted by molar-refractivity contribution is 0.122. The van der Waals surface area contributed by atoms with E-state index in [0.717, 1.165) is 63.8 Å². The predicted octanol–water partition coefficient (Wildman–Crippen LogP) is 1.56. The van der Waals surface area contributed by atoms with Crippen molar-refractivity contribution in [2.45, 2.75) is 26.3 Å². The van der Waals surface area contributed by atoms with E-state index in [1.807, 2.05) is 12.1 Å². The number of hydrogen-bond acceptors (Lipinski definition) is 3. The molecule has 140 valence electrons. The molecule has 2 rings (SSSR count). The molecule has 0 radical (unpaired) electrons. The number of piperazine rings is 1. The van der Waals surface area contributed by atoms with Gasteiger partial charge in [0.1, 0.15) is 5.82 Å². The van der Waals surface area contributed by atoms with Crippen molar-refractivity contribution in [3.63, 3.8) is 0 Å². The van der Waals surface area contributed by atoms with Crippen LogP contribution in [0.4, 0.5) is 4.39 Å². The van der Waals surface area contributed by atoms with Gasteiger partial charge in [0.05, 0.1) is 6.54 Å². The number of rotatable bonds is 7. The Labute approximate surface area is 151 Å². The van der Waals surface area contributed by atoms with Crippen LogP contribution in [0.2, 0.25) is 0 Å². The second-order valence-corrected chi connectivity index (χ2v) is 6.71. The zero-order valence-corrected chi connectivity index (χ0v) is 15.8. The number of guanidine groups is 1. The molecule has 1 aromatic carbocycles. The topological polar surface area (TPSA) is 42.9 Å². The maximum absolute atomic E-state index is 12.9. The number of halogens is 1. The van der Waals surface area contributed by atoms with Crippen molar-refractivity contribution in [2.75, 3.05) is 52.9 Å². The molecular weight excluding hydrogens is 317 g/mol. The van der Waals surface area contributed by atoms with Crippen LogP contribution in [0.15, 0.2) is 29.3 Å². The van der Waals surface area contributed by atoms with E-state index in [-0.39, 0.29) is 5.82 Å². The largest absolute Gasteiger partial charge is 0.357 e. The molecule has 0 aliphatic carbocycles. The average Bonchev–Trinajstić information content (AvgIpc) is 2.61. The quantitative estimate of drug-likeness (QED) is 0.579. The molecule has 0 amide bonds. The van der Waals surface area contributed by atoms with Crippen LogP contribution in [0.5, 0.6) is 0 Å². The normalized spacial score (nSPS) is 18.2. The molecule has 5 nitrogen and oxygen atoms in total. The molecule has 2 N–H and O–H groups in total. The molecule has 0 bridgehead atoms. The van der Waals surface area contributed by atoms with Crippen molar-refractivity contribution in [3.05, 3.63) is 35.6 Å². The van der Waals surface area contributed by atoms with Gasteiger partial charge in [0.25, 0.3) is 0 Å². The molecule has 25 heavy (non-hydrogen) atoms. The molecule has 0 spiro atoms. The van der Waals surface area contributed by atoms with Crippen LogP contribution in [-0.4, -0.2) is 74.7 Å². The van der Waals surface area contributed by atoms with Crippen LogP contribution in [0.3, 0.4) is 0 Å². The Hall–Kier alpha value is -1.66. The van der Waals surface area contributed by atoms with E-state index in [1.54, 1.807) is 0 Å². The minimum Gasteiger partial charge on any atom is -0.357 e. The van der Waals surface area contributed by atoms with Gasteiger partial charge in [-0.1, -0.05) is 12.1 Å². The zero-order chi connectivity index (χ0) is 18.1. The SMILES string of the molecule is CCNC(=NCC(C)N1CCN(C)CC1)NCCc1ccc(F)cc1. The first-order chi connectivity index (χ1) is 12.1. The Morgan fingerprint density at radius 1 is 1.16 bits per heavy atom. The monoisotopic (exact) mass is 349 g/mol. The number of benzene rings is 1. The fourth-order valence-corrected chi connectivity index (χ4v) is 2.92. The van der Waals surface area contributed by atoms with Gasteiger partial charge in [0.2, 0.25) is 0 Å². The van der Waals surface area contributed by atoms with Crippen molar-refractivity contribution in [1.82, 2.24) is 20.4 Å². The second-order valence-electron chi connectivity index (χ2n) is 6.71. The van der Waals surface area contributed by atoms with E-state index >= 15 is 0 Å². The summed E-state index contributed by atoms with van der Waals surface area (Å²) in [5.41, 5.74) is 1.12. The van der Waals surface area contributed by atoms with Gasteiger partial charge in [-0.2, -0.15) is 0 Å². The van der Waals surface area contributed by atoms with Gasteiger partial charge in [-0.05, 0) is 45.0 Å². The highest BCUT2D eigenvalue weighted by molar-refractivity contribution is 5.79. The Morgan fingerprint density at radius 3 is 2.48 bits per heavy atom. The summed E-state index contributed by atoms with van der Waals surface area (Å²) < 4.78 is 12.9. The summed E-state index contributed by atoms with van der Waals surface area (Å²) in [6.45, 7) is 11.2. The van der Waals surface area contributed by atoms with Gasteiger partial charge in [-0.25, -0.2) is 4.39 Å². The summed E-state index contributed by atoms with van der Waals surface area (Å²) >= 11 is 0. The molecule has 1 aromatic rings. The first kappa shape index (κ1) is 19.7. The summed E-state index contributed by atoms with van der Waals surface area (Å²) in [4.78, 5) is 9.61. The van der Waals surface area contributed by atoms with Crippen molar-refractivity contribution < 1.29 is 4.39 Å². The van der Waals surface area contributed by atoms with Crippen LogP contribution in [0.25, 0.3) is 0 Å². The summed E-state index contributed by atoms with van der Waals surface area (Å²) in [5, 5.41) is 6.66. The van der Waals surface area contributed by atoms with Crippen molar-refractivity contribution >= 4 is 5.96 Å². The van der Waals surface area contributed by atoms with Crippen LogP contribution >= 0.6 is 0 Å². The number of likely N-dealkylation sites (N-methyl/N-ethyl adjacent to an activating group) is 1. The van der Waals surface area contributed by atoms with Crippen LogP contribution in [0, 0.1) is 5.82 Å². The van der Waals surface area contributed by atoms with Gasteiger partial charge in [-0.15, -0.1) is 0 Å². The first-order valence-electron chi connectivity index (χ1n) is 9.27. The fraction of sp³-hybridized carbons (Fsp3) is 0.632. The number of hydrogen-bond donors (Lipinski definition) is 2. The Kier molecular flexibility index (Phi) is 8.15. The first-order valence-corrected chi connectivity index (χ1v) is 9.27. The van der Waals surface area contributed by atoms with E-state index in [2.05, 4.69) is 41.3 Å². The molecule has 1 fully saturated rings. The smallest absolute Gasteiger partial charge is 0.191 e. The molecule has 1 unspecified atom stereocenters. The van der Waals surface area contributed by atoms with E-state index in [0.29, 0.717) is 6.04 Å². The van der Waals surface area contributed by atoms with Crippen molar-refractivity contribution in [1.29, 1.82) is 0 Å². The lowest BCUT2D eigenvalue weighted by Gasteiger charge is -2.35. The Balaban J connectivity index is 1.77. The highest BCUT2D eigenvalue weighted by Gasteiger charge is 2.18. The predicted molar refractivity (Wildman–Crippen MR) is 103 cm³/mol. The molecule has 1 atom stereocenters. The summed E-state index contributed by atoms with van der Waals surface area (Å²) in [7, 11) is 2.18. The zero-order valence-electron chi connectivity index (χ0n) is 15.8. The van der Waals surface area contributed by atoms with E-state index in [1.165, 1.54) is 12.1 Å². The standard InChI is InChI=1S/C19H32FN5/c1-4-21-19(22-10-9-17-5-7-18(20)8-6-17)23-15-16(2)25-13-11-24(3)12-14-25/h5-8,16H,4,9-15H2,1-3H3,(H2,21,22,23). The molecule has 1 saturated heterocycles. The Bertz CT molecular complexity index is 523. The summed E-state index contributed by atoms with van der Waals surface area (Å²) in [6, 6.07) is 7.12. The highest BCUT2D eigenvalue weighted by Crippen LogP contribution is 2.05.